The highest BCUT2D eigenvalue weighted by molar-refractivity contribution is 5.47. The van der Waals surface area contributed by atoms with E-state index in [-0.39, 0.29) is 0 Å². The first-order valence-electron chi connectivity index (χ1n) is 6.72. The third-order valence-electron chi connectivity index (χ3n) is 3.29. The minimum Gasteiger partial charge on any atom is -0.388 e. The second-order valence-corrected chi connectivity index (χ2v) is 4.95. The van der Waals surface area contributed by atoms with Gasteiger partial charge in [0, 0.05) is 26.3 Å². The molecule has 0 amide bonds. The zero-order valence-corrected chi connectivity index (χ0v) is 11.6. The first kappa shape index (κ1) is 14.0. The quantitative estimate of drug-likeness (QED) is 0.692. The molecule has 1 aromatic heterocycles. The molecule has 0 aromatic carbocycles. The van der Waals surface area contributed by atoms with E-state index in [1.807, 2.05) is 13.0 Å². The van der Waals surface area contributed by atoms with Crippen LogP contribution in [0.15, 0.2) is 6.07 Å². The fraction of sp³-hybridized carbons (Fsp3) is 0.692. The van der Waals surface area contributed by atoms with Gasteiger partial charge >= 0.3 is 0 Å². The molecule has 0 atom stereocenters. The zero-order chi connectivity index (χ0) is 13.7. The molecule has 1 saturated carbocycles. The Morgan fingerprint density at radius 3 is 2.53 bits per heavy atom. The van der Waals surface area contributed by atoms with Gasteiger partial charge in [0.2, 0.25) is 0 Å². The third-order valence-corrected chi connectivity index (χ3v) is 3.29. The molecule has 1 aliphatic rings. The summed E-state index contributed by atoms with van der Waals surface area (Å²) >= 11 is 0. The van der Waals surface area contributed by atoms with Crippen LogP contribution in [0.4, 0.5) is 11.6 Å². The summed E-state index contributed by atoms with van der Waals surface area (Å²) in [6.45, 7) is 3.72. The van der Waals surface area contributed by atoms with Crippen molar-refractivity contribution in [3.8, 4) is 0 Å². The van der Waals surface area contributed by atoms with Crippen molar-refractivity contribution in [2.24, 2.45) is 0 Å². The molecule has 6 nitrogen and oxygen atoms in total. The molecule has 0 spiro atoms. The molecule has 3 N–H and O–H groups in total. The van der Waals surface area contributed by atoms with Crippen LogP contribution in [0.2, 0.25) is 0 Å². The molecule has 0 unspecified atom stereocenters. The number of methoxy groups -OCH3 is 1. The van der Waals surface area contributed by atoms with Gasteiger partial charge in [0.15, 0.2) is 5.82 Å². The summed E-state index contributed by atoms with van der Waals surface area (Å²) in [4.78, 5) is 8.71. The Hall–Kier alpha value is -1.40. The lowest BCUT2D eigenvalue weighted by molar-refractivity contribution is -0.0202. The van der Waals surface area contributed by atoms with Gasteiger partial charge in [-0.05, 0) is 26.2 Å². The molecule has 0 aliphatic heterocycles. The molecule has 6 heteroatoms. The molecule has 1 aromatic rings. The van der Waals surface area contributed by atoms with Gasteiger partial charge in [-0.25, -0.2) is 9.97 Å². The smallest absolute Gasteiger partial charge is 0.158 e. The number of hydrogen-bond acceptors (Lipinski definition) is 6. The summed E-state index contributed by atoms with van der Waals surface area (Å²) in [5.41, 5.74) is -0.565. The van der Waals surface area contributed by atoms with Gasteiger partial charge in [0.1, 0.15) is 18.2 Å². The van der Waals surface area contributed by atoms with E-state index in [0.29, 0.717) is 19.0 Å². The van der Waals surface area contributed by atoms with E-state index in [2.05, 4.69) is 20.6 Å². The average Bonchev–Trinajstić information content (AvgIpc) is 2.35. The Labute approximate surface area is 113 Å². The zero-order valence-electron chi connectivity index (χ0n) is 11.6. The maximum atomic E-state index is 10.1. The van der Waals surface area contributed by atoms with E-state index in [4.69, 9.17) is 4.74 Å². The van der Waals surface area contributed by atoms with Crippen molar-refractivity contribution >= 4 is 11.6 Å². The van der Waals surface area contributed by atoms with Crippen LogP contribution in [-0.2, 0) is 11.3 Å². The molecular formula is C13H22N4O2. The van der Waals surface area contributed by atoms with Gasteiger partial charge in [-0.3, -0.25) is 0 Å². The summed E-state index contributed by atoms with van der Waals surface area (Å²) in [6, 6.07) is 1.85. The molecule has 0 saturated heterocycles. The van der Waals surface area contributed by atoms with Crippen molar-refractivity contribution in [1.29, 1.82) is 0 Å². The Morgan fingerprint density at radius 1 is 1.32 bits per heavy atom. The Bertz CT molecular complexity index is 397. The summed E-state index contributed by atoms with van der Waals surface area (Å²) in [5, 5.41) is 16.4. The first-order valence-corrected chi connectivity index (χ1v) is 6.72. The molecule has 19 heavy (non-hydrogen) atoms. The van der Waals surface area contributed by atoms with E-state index < -0.39 is 5.60 Å². The van der Waals surface area contributed by atoms with Gasteiger partial charge in [0.05, 0.1) is 5.60 Å². The minimum atomic E-state index is -0.565. The summed E-state index contributed by atoms with van der Waals surface area (Å²) in [6.07, 6.45) is 2.81. The van der Waals surface area contributed by atoms with Crippen LogP contribution in [0.1, 0.15) is 32.0 Å². The highest BCUT2D eigenvalue weighted by atomic mass is 16.5. The number of rotatable bonds is 7. The highest BCUT2D eigenvalue weighted by Crippen LogP contribution is 2.31. The van der Waals surface area contributed by atoms with Crippen molar-refractivity contribution in [3.05, 3.63) is 11.9 Å². The molecule has 1 heterocycles. The monoisotopic (exact) mass is 266 g/mol. The van der Waals surface area contributed by atoms with E-state index in [1.54, 1.807) is 7.11 Å². The number of aromatic nitrogens is 2. The molecule has 1 aliphatic carbocycles. The van der Waals surface area contributed by atoms with Crippen LogP contribution in [0.3, 0.4) is 0 Å². The van der Waals surface area contributed by atoms with Crippen LogP contribution in [0.25, 0.3) is 0 Å². The number of aliphatic hydroxyl groups is 1. The number of nitrogens with zero attached hydrogens (tertiary/aromatic N) is 2. The second kappa shape index (κ2) is 6.16. The molecular weight excluding hydrogens is 244 g/mol. The third kappa shape index (κ3) is 3.78. The molecule has 0 bridgehead atoms. The largest absolute Gasteiger partial charge is 0.388 e. The highest BCUT2D eigenvalue weighted by Gasteiger charge is 2.34. The SMILES string of the molecule is CCNc1cc(NCC2(O)CCC2)nc(COC)n1. The predicted molar refractivity (Wildman–Crippen MR) is 74.2 cm³/mol. The maximum Gasteiger partial charge on any atom is 0.158 e. The van der Waals surface area contributed by atoms with Crippen LogP contribution >= 0.6 is 0 Å². The normalized spacial score (nSPS) is 16.8. The Kier molecular flexibility index (Phi) is 4.55. The first-order chi connectivity index (χ1) is 9.15. The number of nitrogens with one attached hydrogen (secondary N) is 2. The van der Waals surface area contributed by atoms with Gasteiger partial charge in [-0.2, -0.15) is 0 Å². The summed E-state index contributed by atoms with van der Waals surface area (Å²) < 4.78 is 5.06. The average molecular weight is 266 g/mol. The standard InChI is InChI=1S/C13H22N4O2/c1-3-14-10-7-11(17-12(16-10)8-19-2)15-9-13(18)5-4-6-13/h7,18H,3-6,8-9H2,1-2H3,(H2,14,15,16,17). The second-order valence-electron chi connectivity index (χ2n) is 4.95. The van der Waals surface area contributed by atoms with Crippen LogP contribution in [0, 0.1) is 0 Å². The van der Waals surface area contributed by atoms with Gasteiger partial charge in [0.25, 0.3) is 0 Å². The van der Waals surface area contributed by atoms with Crippen molar-refractivity contribution in [2.75, 3.05) is 30.8 Å². The van der Waals surface area contributed by atoms with Gasteiger partial charge in [-0.1, -0.05) is 0 Å². The number of ether oxygens (including phenoxy) is 1. The van der Waals surface area contributed by atoms with Crippen molar-refractivity contribution in [3.63, 3.8) is 0 Å². The van der Waals surface area contributed by atoms with Crippen LogP contribution in [0.5, 0.6) is 0 Å². The van der Waals surface area contributed by atoms with E-state index in [9.17, 15) is 5.11 Å². The number of hydrogen-bond donors (Lipinski definition) is 3. The van der Waals surface area contributed by atoms with E-state index >= 15 is 0 Å². The van der Waals surface area contributed by atoms with Crippen LogP contribution < -0.4 is 10.6 Å². The maximum absolute atomic E-state index is 10.1. The molecule has 1 fully saturated rings. The number of anilines is 2. The van der Waals surface area contributed by atoms with Crippen LogP contribution in [-0.4, -0.2) is 40.9 Å². The lowest BCUT2D eigenvalue weighted by Gasteiger charge is -2.36. The molecule has 0 radical (unpaired) electrons. The molecule has 2 rings (SSSR count). The van der Waals surface area contributed by atoms with Gasteiger partial charge in [-0.15, -0.1) is 0 Å². The van der Waals surface area contributed by atoms with E-state index in [1.165, 1.54) is 0 Å². The minimum absolute atomic E-state index is 0.373. The molecule has 106 valence electrons. The van der Waals surface area contributed by atoms with Crippen molar-refractivity contribution in [2.45, 2.75) is 38.4 Å². The fourth-order valence-corrected chi connectivity index (χ4v) is 2.07. The van der Waals surface area contributed by atoms with Gasteiger partial charge < -0.3 is 20.5 Å². The summed E-state index contributed by atoms with van der Waals surface area (Å²) in [5.74, 6) is 2.12. The fourth-order valence-electron chi connectivity index (χ4n) is 2.07. The lowest BCUT2D eigenvalue weighted by Crippen LogP contribution is -2.43. The summed E-state index contributed by atoms with van der Waals surface area (Å²) in [7, 11) is 1.62. The Balaban J connectivity index is 2.04. The van der Waals surface area contributed by atoms with Crippen molar-refractivity contribution < 1.29 is 9.84 Å². The van der Waals surface area contributed by atoms with E-state index in [0.717, 1.165) is 37.4 Å². The topological polar surface area (TPSA) is 79.3 Å². The lowest BCUT2D eigenvalue weighted by atomic mass is 9.80. The Morgan fingerprint density at radius 2 is 2.00 bits per heavy atom. The van der Waals surface area contributed by atoms with Crippen molar-refractivity contribution in [1.82, 2.24) is 9.97 Å². The predicted octanol–water partition coefficient (Wildman–Crippen LogP) is 1.38.